The highest BCUT2D eigenvalue weighted by molar-refractivity contribution is 7.92. The molecule has 2 rings (SSSR count). The molecule has 0 fully saturated rings. The predicted molar refractivity (Wildman–Crippen MR) is 93.2 cm³/mol. The molecule has 0 aliphatic heterocycles. The van der Waals surface area contributed by atoms with Crippen molar-refractivity contribution < 1.29 is 22.0 Å². The van der Waals surface area contributed by atoms with Crippen molar-refractivity contribution in [1.29, 1.82) is 0 Å². The number of halogens is 3. The SMILES string of the molecule is CS(=O)(=O)N(CCC(=O)Nc1c(F)cccc1F)c1ccccc1Cl. The highest BCUT2D eigenvalue weighted by Crippen LogP contribution is 2.27. The lowest BCUT2D eigenvalue weighted by Crippen LogP contribution is -2.33. The maximum absolute atomic E-state index is 13.5. The number of carbonyl (C=O) groups is 1. The van der Waals surface area contributed by atoms with Gasteiger partial charge in [-0.3, -0.25) is 9.10 Å². The van der Waals surface area contributed by atoms with Crippen LogP contribution in [-0.4, -0.2) is 27.1 Å². The van der Waals surface area contributed by atoms with Gasteiger partial charge in [0.1, 0.15) is 17.3 Å². The number of sulfonamides is 1. The van der Waals surface area contributed by atoms with Gasteiger partial charge in [0.05, 0.1) is 17.0 Å². The molecule has 2 aromatic rings. The first-order chi connectivity index (χ1) is 11.7. The summed E-state index contributed by atoms with van der Waals surface area (Å²) >= 11 is 6.01. The number of benzene rings is 2. The van der Waals surface area contributed by atoms with E-state index in [1.54, 1.807) is 12.1 Å². The third-order valence-electron chi connectivity index (χ3n) is 3.29. The van der Waals surface area contributed by atoms with Gasteiger partial charge in [-0.15, -0.1) is 0 Å². The monoisotopic (exact) mass is 388 g/mol. The maximum Gasteiger partial charge on any atom is 0.232 e. The maximum atomic E-state index is 13.5. The highest BCUT2D eigenvalue weighted by atomic mass is 35.5. The molecule has 0 saturated heterocycles. The van der Waals surface area contributed by atoms with E-state index in [4.69, 9.17) is 11.6 Å². The molecule has 0 atom stereocenters. The van der Waals surface area contributed by atoms with Crippen LogP contribution in [0.3, 0.4) is 0 Å². The lowest BCUT2D eigenvalue weighted by atomic mass is 10.2. The van der Waals surface area contributed by atoms with Gasteiger partial charge in [-0.25, -0.2) is 17.2 Å². The average Bonchev–Trinajstić information content (AvgIpc) is 2.52. The minimum atomic E-state index is -3.70. The lowest BCUT2D eigenvalue weighted by Gasteiger charge is -2.23. The van der Waals surface area contributed by atoms with Crippen LogP contribution in [-0.2, 0) is 14.8 Å². The Morgan fingerprint density at radius 3 is 2.28 bits per heavy atom. The Morgan fingerprint density at radius 1 is 1.12 bits per heavy atom. The van der Waals surface area contributed by atoms with E-state index in [0.717, 1.165) is 22.7 Å². The molecule has 0 unspecified atom stereocenters. The fourth-order valence-corrected chi connectivity index (χ4v) is 3.37. The highest BCUT2D eigenvalue weighted by Gasteiger charge is 2.21. The molecule has 1 N–H and O–H groups in total. The van der Waals surface area contributed by atoms with Gasteiger partial charge in [-0.2, -0.15) is 0 Å². The van der Waals surface area contributed by atoms with E-state index in [2.05, 4.69) is 5.32 Å². The molecule has 134 valence electrons. The van der Waals surface area contributed by atoms with E-state index in [1.165, 1.54) is 18.2 Å². The number of para-hydroxylation sites is 2. The van der Waals surface area contributed by atoms with Crippen molar-refractivity contribution in [3.8, 4) is 0 Å². The summed E-state index contributed by atoms with van der Waals surface area (Å²) in [6.45, 7) is -0.232. The molecule has 0 spiro atoms. The molecule has 0 aromatic heterocycles. The Kier molecular flexibility index (Phi) is 5.97. The average molecular weight is 389 g/mol. The van der Waals surface area contributed by atoms with Crippen LogP contribution in [0.15, 0.2) is 42.5 Å². The van der Waals surface area contributed by atoms with Gasteiger partial charge in [-0.05, 0) is 24.3 Å². The van der Waals surface area contributed by atoms with Crippen LogP contribution in [0.5, 0.6) is 0 Å². The minimum absolute atomic E-state index is 0.202. The summed E-state index contributed by atoms with van der Waals surface area (Å²) in [5, 5.41) is 2.31. The van der Waals surface area contributed by atoms with Gasteiger partial charge in [-0.1, -0.05) is 29.8 Å². The largest absolute Gasteiger partial charge is 0.321 e. The molecule has 1 amide bonds. The smallest absolute Gasteiger partial charge is 0.232 e. The Labute approximate surface area is 149 Å². The van der Waals surface area contributed by atoms with Crippen molar-refractivity contribution >= 4 is 38.9 Å². The molecule has 0 heterocycles. The summed E-state index contributed by atoms with van der Waals surface area (Å²) in [5.41, 5.74) is -0.354. The molecule has 0 aliphatic rings. The number of nitrogens with one attached hydrogen (secondary N) is 1. The van der Waals surface area contributed by atoms with Crippen LogP contribution >= 0.6 is 11.6 Å². The molecule has 5 nitrogen and oxygen atoms in total. The van der Waals surface area contributed by atoms with E-state index in [0.29, 0.717) is 0 Å². The van der Waals surface area contributed by atoms with Crippen molar-refractivity contribution in [3.05, 3.63) is 59.1 Å². The first kappa shape index (κ1) is 19.1. The second-order valence-electron chi connectivity index (χ2n) is 5.18. The van der Waals surface area contributed by atoms with Crippen molar-refractivity contribution in [2.24, 2.45) is 0 Å². The van der Waals surface area contributed by atoms with Gasteiger partial charge in [0.25, 0.3) is 0 Å². The summed E-state index contributed by atoms with van der Waals surface area (Å²) in [7, 11) is -3.70. The van der Waals surface area contributed by atoms with Gasteiger partial charge in [0.2, 0.25) is 15.9 Å². The second-order valence-corrected chi connectivity index (χ2v) is 7.50. The van der Waals surface area contributed by atoms with Crippen LogP contribution in [0.1, 0.15) is 6.42 Å². The van der Waals surface area contributed by atoms with Crippen molar-refractivity contribution in [3.63, 3.8) is 0 Å². The summed E-state index contributed by atoms with van der Waals surface area (Å²) in [6, 6.07) is 9.44. The molecule has 0 aliphatic carbocycles. The molecule has 2 aromatic carbocycles. The lowest BCUT2D eigenvalue weighted by molar-refractivity contribution is -0.116. The molecule has 0 saturated carbocycles. The van der Waals surface area contributed by atoms with E-state index in [9.17, 15) is 22.0 Å². The molecule has 0 radical (unpaired) electrons. The first-order valence-electron chi connectivity index (χ1n) is 7.16. The standard InChI is InChI=1S/C16H15ClF2N2O3S/c1-25(23,24)21(14-8-3-2-5-11(14)17)10-9-15(22)20-16-12(18)6-4-7-13(16)19/h2-8H,9-10H2,1H3,(H,20,22). The molecule has 25 heavy (non-hydrogen) atoms. The molecular weight excluding hydrogens is 374 g/mol. The van der Waals surface area contributed by atoms with Crippen molar-refractivity contribution in [1.82, 2.24) is 0 Å². The Morgan fingerprint density at radius 2 is 1.72 bits per heavy atom. The van der Waals surface area contributed by atoms with Gasteiger partial charge < -0.3 is 5.32 Å². The van der Waals surface area contributed by atoms with Crippen LogP contribution in [0.2, 0.25) is 5.02 Å². The summed E-state index contributed by atoms with van der Waals surface area (Å²) < 4.78 is 52.0. The van der Waals surface area contributed by atoms with Gasteiger partial charge >= 0.3 is 0 Å². The summed E-state index contributed by atoms with van der Waals surface area (Å²) in [5.74, 6) is -2.57. The minimum Gasteiger partial charge on any atom is -0.321 e. The molecular formula is C16H15ClF2N2O3S. The fraction of sp³-hybridized carbons (Fsp3) is 0.188. The topological polar surface area (TPSA) is 66.5 Å². The first-order valence-corrected chi connectivity index (χ1v) is 9.39. The summed E-state index contributed by atoms with van der Waals surface area (Å²) in [4.78, 5) is 12.0. The van der Waals surface area contributed by atoms with Gasteiger partial charge in [0, 0.05) is 13.0 Å². The van der Waals surface area contributed by atoms with E-state index in [1.807, 2.05) is 0 Å². The zero-order chi connectivity index (χ0) is 18.6. The quantitative estimate of drug-likeness (QED) is 0.824. The van der Waals surface area contributed by atoms with Crippen LogP contribution in [0.4, 0.5) is 20.2 Å². The number of amides is 1. The molecule has 0 bridgehead atoms. The number of carbonyl (C=O) groups excluding carboxylic acids is 1. The van der Waals surface area contributed by atoms with E-state index >= 15 is 0 Å². The van der Waals surface area contributed by atoms with Crippen molar-refractivity contribution in [2.75, 3.05) is 22.4 Å². The summed E-state index contributed by atoms with van der Waals surface area (Å²) in [6.07, 6.45) is 0.664. The Balaban J connectivity index is 2.14. The third-order valence-corrected chi connectivity index (χ3v) is 4.79. The van der Waals surface area contributed by atoms with E-state index in [-0.39, 0.29) is 23.7 Å². The number of hydrogen-bond donors (Lipinski definition) is 1. The van der Waals surface area contributed by atoms with Gasteiger partial charge in [0.15, 0.2) is 0 Å². The van der Waals surface area contributed by atoms with Crippen LogP contribution in [0, 0.1) is 11.6 Å². The number of hydrogen-bond acceptors (Lipinski definition) is 3. The number of anilines is 2. The fourth-order valence-electron chi connectivity index (χ4n) is 2.14. The van der Waals surface area contributed by atoms with E-state index < -0.39 is 33.3 Å². The normalized spacial score (nSPS) is 11.2. The third kappa shape index (κ3) is 4.90. The van der Waals surface area contributed by atoms with Crippen molar-refractivity contribution in [2.45, 2.75) is 6.42 Å². The van der Waals surface area contributed by atoms with Crippen LogP contribution < -0.4 is 9.62 Å². The molecule has 9 heteroatoms. The Hall–Kier alpha value is -2.19. The van der Waals surface area contributed by atoms with Crippen LogP contribution in [0.25, 0.3) is 0 Å². The zero-order valence-corrected chi connectivity index (χ0v) is 14.7. The predicted octanol–water partition coefficient (Wildman–Crippen LogP) is 3.41. The Bertz CT molecular complexity index is 870. The number of nitrogens with zero attached hydrogens (tertiary/aromatic N) is 1. The second kappa shape index (κ2) is 7.79. The zero-order valence-electron chi connectivity index (χ0n) is 13.2. The number of rotatable bonds is 6.